The Labute approximate surface area is 146 Å². The van der Waals surface area contributed by atoms with Crippen LogP contribution >= 0.6 is 0 Å². The van der Waals surface area contributed by atoms with Crippen molar-refractivity contribution in [3.8, 4) is 5.75 Å². The maximum atomic E-state index is 13.4. The summed E-state index contributed by atoms with van der Waals surface area (Å²) in [5.41, 5.74) is 0.301. The van der Waals surface area contributed by atoms with E-state index in [-0.39, 0.29) is 16.8 Å². The summed E-state index contributed by atoms with van der Waals surface area (Å²) in [6.45, 7) is 2.19. The Morgan fingerprint density at radius 3 is 2.28 bits per heavy atom. The molecular formula is C18H19F2NO3S. The smallest absolute Gasteiger partial charge is 0.243 e. The minimum Gasteiger partial charge on any atom is -0.490 e. The van der Waals surface area contributed by atoms with E-state index >= 15 is 0 Å². The van der Waals surface area contributed by atoms with E-state index in [0.717, 1.165) is 0 Å². The molecule has 0 unspecified atom stereocenters. The lowest BCUT2D eigenvalue weighted by atomic mass is 10.1. The van der Waals surface area contributed by atoms with Crippen LogP contribution in [-0.4, -0.2) is 31.9 Å². The minimum atomic E-state index is -3.64. The number of nitrogens with zero attached hydrogens (tertiary/aromatic N) is 1. The summed E-state index contributed by atoms with van der Waals surface area (Å²) in [4.78, 5) is 0.101. The van der Waals surface area contributed by atoms with E-state index in [1.54, 1.807) is 12.1 Å². The lowest BCUT2D eigenvalue weighted by Gasteiger charge is -2.31. The average molecular weight is 367 g/mol. The summed E-state index contributed by atoms with van der Waals surface area (Å²) in [7, 11) is -3.64. The summed E-state index contributed by atoms with van der Waals surface area (Å²) in [5.74, 6) is -0.190. The summed E-state index contributed by atoms with van der Waals surface area (Å²) in [5, 5.41) is 0. The first-order valence-corrected chi connectivity index (χ1v) is 9.49. The molecule has 0 amide bonds. The van der Waals surface area contributed by atoms with E-state index in [2.05, 4.69) is 0 Å². The molecule has 134 valence electrons. The molecule has 4 nitrogen and oxygen atoms in total. The Balaban J connectivity index is 1.64. The van der Waals surface area contributed by atoms with Gasteiger partial charge >= 0.3 is 0 Å². The van der Waals surface area contributed by atoms with Crippen LogP contribution in [0.25, 0.3) is 0 Å². The Bertz CT molecular complexity index is 845. The van der Waals surface area contributed by atoms with Gasteiger partial charge in [0.25, 0.3) is 0 Å². The largest absolute Gasteiger partial charge is 0.490 e. The molecule has 1 aliphatic heterocycles. The molecule has 0 saturated carbocycles. The fourth-order valence-electron chi connectivity index (χ4n) is 2.82. The first-order valence-electron chi connectivity index (χ1n) is 8.05. The third-order valence-electron chi connectivity index (χ3n) is 4.28. The van der Waals surface area contributed by atoms with Crippen molar-refractivity contribution in [3.63, 3.8) is 0 Å². The summed E-state index contributed by atoms with van der Waals surface area (Å²) in [6.07, 6.45) is 0.958. The minimum absolute atomic E-state index is 0.101. The molecule has 0 spiro atoms. The van der Waals surface area contributed by atoms with E-state index in [4.69, 9.17) is 4.74 Å². The normalized spacial score (nSPS) is 16.8. The van der Waals surface area contributed by atoms with Gasteiger partial charge in [0.05, 0.1) is 4.90 Å². The van der Waals surface area contributed by atoms with Crippen LogP contribution in [0.2, 0.25) is 0 Å². The molecule has 1 aliphatic rings. The number of halogens is 2. The number of hydrogen-bond donors (Lipinski definition) is 0. The van der Waals surface area contributed by atoms with Crippen molar-refractivity contribution >= 4 is 10.0 Å². The molecule has 0 radical (unpaired) electrons. The third kappa shape index (κ3) is 3.99. The van der Waals surface area contributed by atoms with Crippen molar-refractivity contribution in [1.82, 2.24) is 4.31 Å². The van der Waals surface area contributed by atoms with Gasteiger partial charge in [0.1, 0.15) is 23.5 Å². The van der Waals surface area contributed by atoms with Gasteiger partial charge in [0.15, 0.2) is 0 Å². The van der Waals surface area contributed by atoms with Crippen LogP contribution in [0, 0.1) is 18.6 Å². The molecule has 0 aromatic heterocycles. The third-order valence-corrected chi connectivity index (χ3v) is 6.18. The Morgan fingerprint density at radius 1 is 1.04 bits per heavy atom. The fourth-order valence-corrected chi connectivity index (χ4v) is 4.38. The zero-order valence-corrected chi connectivity index (χ0v) is 14.6. The zero-order valence-electron chi connectivity index (χ0n) is 13.8. The second-order valence-corrected chi connectivity index (χ2v) is 8.02. The highest BCUT2D eigenvalue weighted by Gasteiger charge is 2.30. The lowest BCUT2D eigenvalue weighted by Crippen LogP contribution is -2.41. The van der Waals surface area contributed by atoms with Gasteiger partial charge in [-0.2, -0.15) is 4.31 Å². The Kier molecular flexibility index (Phi) is 5.06. The quantitative estimate of drug-likeness (QED) is 0.831. The van der Waals surface area contributed by atoms with E-state index in [1.165, 1.54) is 41.6 Å². The van der Waals surface area contributed by atoms with Crippen molar-refractivity contribution in [1.29, 1.82) is 0 Å². The number of piperidine rings is 1. The van der Waals surface area contributed by atoms with Crippen LogP contribution in [-0.2, 0) is 10.0 Å². The van der Waals surface area contributed by atoms with Crippen molar-refractivity contribution in [2.75, 3.05) is 13.1 Å². The highest BCUT2D eigenvalue weighted by atomic mass is 32.2. The topological polar surface area (TPSA) is 46.6 Å². The molecule has 3 rings (SSSR count). The van der Waals surface area contributed by atoms with Crippen LogP contribution in [0.15, 0.2) is 47.4 Å². The molecular weight excluding hydrogens is 348 g/mol. The van der Waals surface area contributed by atoms with Crippen molar-refractivity contribution in [2.45, 2.75) is 30.8 Å². The summed E-state index contributed by atoms with van der Waals surface area (Å²) >= 11 is 0. The molecule has 0 N–H and O–H groups in total. The highest BCUT2D eigenvalue weighted by Crippen LogP contribution is 2.25. The fraction of sp³-hybridized carbons (Fsp3) is 0.333. The van der Waals surface area contributed by atoms with E-state index in [1.807, 2.05) is 0 Å². The predicted molar refractivity (Wildman–Crippen MR) is 89.9 cm³/mol. The van der Waals surface area contributed by atoms with E-state index in [9.17, 15) is 17.2 Å². The van der Waals surface area contributed by atoms with Gasteiger partial charge in [-0.1, -0.05) is 0 Å². The number of hydrogen-bond acceptors (Lipinski definition) is 3. The Hall–Kier alpha value is -1.99. The Morgan fingerprint density at radius 2 is 1.68 bits per heavy atom. The van der Waals surface area contributed by atoms with E-state index < -0.39 is 15.8 Å². The molecule has 1 fully saturated rings. The van der Waals surface area contributed by atoms with Gasteiger partial charge in [-0.05, 0) is 67.8 Å². The van der Waals surface area contributed by atoms with Gasteiger partial charge in [-0.25, -0.2) is 17.2 Å². The monoisotopic (exact) mass is 367 g/mol. The molecule has 0 bridgehead atoms. The number of aryl methyl sites for hydroxylation is 1. The maximum absolute atomic E-state index is 13.4. The van der Waals surface area contributed by atoms with Crippen molar-refractivity contribution in [3.05, 3.63) is 59.7 Å². The van der Waals surface area contributed by atoms with Crippen molar-refractivity contribution in [2.24, 2.45) is 0 Å². The van der Waals surface area contributed by atoms with Crippen LogP contribution in [0.3, 0.4) is 0 Å². The van der Waals surface area contributed by atoms with Gasteiger partial charge in [-0.3, -0.25) is 0 Å². The number of benzene rings is 2. The van der Waals surface area contributed by atoms with Crippen LogP contribution in [0.5, 0.6) is 5.75 Å². The van der Waals surface area contributed by atoms with Crippen molar-refractivity contribution < 1.29 is 21.9 Å². The molecule has 2 aromatic carbocycles. The van der Waals surface area contributed by atoms with Gasteiger partial charge in [0, 0.05) is 13.1 Å². The molecule has 0 aliphatic carbocycles. The van der Waals surface area contributed by atoms with Gasteiger partial charge in [-0.15, -0.1) is 0 Å². The second-order valence-electron chi connectivity index (χ2n) is 6.09. The summed E-state index contributed by atoms with van der Waals surface area (Å²) < 4.78 is 58.8. The predicted octanol–water partition coefficient (Wildman–Crippen LogP) is 3.51. The van der Waals surface area contributed by atoms with Gasteiger partial charge < -0.3 is 4.74 Å². The average Bonchev–Trinajstić information content (AvgIpc) is 2.60. The second kappa shape index (κ2) is 7.09. The highest BCUT2D eigenvalue weighted by molar-refractivity contribution is 7.89. The molecule has 2 aromatic rings. The number of sulfonamides is 1. The molecule has 25 heavy (non-hydrogen) atoms. The van der Waals surface area contributed by atoms with Crippen LogP contribution in [0.1, 0.15) is 18.4 Å². The molecule has 7 heteroatoms. The van der Waals surface area contributed by atoms with Gasteiger partial charge in [0.2, 0.25) is 10.0 Å². The number of ether oxygens (including phenoxy) is 1. The maximum Gasteiger partial charge on any atom is 0.243 e. The van der Waals surface area contributed by atoms with Crippen LogP contribution < -0.4 is 4.74 Å². The first kappa shape index (κ1) is 17.8. The SMILES string of the molecule is Cc1cc(S(=O)(=O)N2CCC(Oc3ccc(F)cc3)CC2)ccc1F. The van der Waals surface area contributed by atoms with Crippen LogP contribution in [0.4, 0.5) is 8.78 Å². The molecule has 1 heterocycles. The summed E-state index contributed by atoms with van der Waals surface area (Å²) in [6, 6.07) is 9.58. The van der Waals surface area contributed by atoms with E-state index in [0.29, 0.717) is 37.2 Å². The number of rotatable bonds is 4. The zero-order chi connectivity index (χ0) is 18.0. The molecule has 0 atom stereocenters. The standard InChI is InChI=1S/C18H19F2NO3S/c1-13-12-17(6-7-18(13)20)25(22,23)21-10-8-16(9-11-21)24-15-4-2-14(19)3-5-15/h2-7,12,16H,8-11H2,1H3. The molecule has 1 saturated heterocycles. The lowest BCUT2D eigenvalue weighted by molar-refractivity contribution is 0.135. The first-order chi connectivity index (χ1) is 11.9.